The van der Waals surface area contributed by atoms with Gasteiger partial charge in [0.2, 0.25) is 15.9 Å². The topological polar surface area (TPSA) is 252 Å². The van der Waals surface area contributed by atoms with Crippen LogP contribution in [0.2, 0.25) is 15.1 Å². The van der Waals surface area contributed by atoms with E-state index in [-0.39, 0.29) is 23.6 Å². The molecule has 0 radical (unpaired) electrons. The Balaban J connectivity index is 0.000000156. The Morgan fingerprint density at radius 3 is 1.11 bits per heavy atom. The second-order valence-corrected chi connectivity index (χ2v) is 26.7. The Labute approximate surface area is 571 Å². The number of pyridine rings is 6. The highest BCUT2D eigenvalue weighted by molar-refractivity contribution is 7.99. The number of nitrogens with one attached hydrogen (secondary N) is 3. The van der Waals surface area contributed by atoms with Gasteiger partial charge in [-0.05, 0) is 148 Å². The molecule has 3 aliphatic heterocycles. The number of rotatable bonds is 14. The summed E-state index contributed by atoms with van der Waals surface area (Å²) < 4.78 is 24.9. The summed E-state index contributed by atoms with van der Waals surface area (Å²) in [6, 6.07) is 43.6. The highest BCUT2D eigenvalue weighted by Crippen LogP contribution is 2.33. The van der Waals surface area contributed by atoms with Gasteiger partial charge < -0.3 is 40.7 Å². The van der Waals surface area contributed by atoms with Gasteiger partial charge in [0.05, 0.1) is 72.2 Å². The number of benzene rings is 3. The normalized spacial score (nSPS) is 14.1. The summed E-state index contributed by atoms with van der Waals surface area (Å²) >= 11 is 21.0. The molecule has 9 aromatic rings. The predicted molar refractivity (Wildman–Crippen MR) is 379 cm³/mol. The van der Waals surface area contributed by atoms with Gasteiger partial charge in [0, 0.05) is 129 Å². The zero-order valence-corrected chi connectivity index (χ0v) is 56.4. The number of aliphatic hydroxyl groups excluding tert-OH is 1. The molecule has 9 heterocycles. The largest absolute Gasteiger partial charge is 0.387 e. The molecule has 4 N–H and O–H groups in total. The summed E-state index contributed by atoms with van der Waals surface area (Å²) in [4.78, 5) is 85.2. The van der Waals surface area contributed by atoms with Gasteiger partial charge >= 0.3 is 0 Å². The molecule has 26 heteroatoms. The van der Waals surface area contributed by atoms with Gasteiger partial charge in [-0.1, -0.05) is 53.0 Å². The van der Waals surface area contributed by atoms with Crippen molar-refractivity contribution in [1.29, 1.82) is 0 Å². The second-order valence-electron chi connectivity index (χ2n) is 22.3. The van der Waals surface area contributed by atoms with Gasteiger partial charge in [-0.15, -0.1) is 0 Å². The molecular formula is C69H69Cl3N14O7S2. The van der Waals surface area contributed by atoms with Gasteiger partial charge in [-0.2, -0.15) is 16.1 Å². The van der Waals surface area contributed by atoms with Crippen molar-refractivity contribution in [2.45, 2.75) is 20.8 Å². The second kappa shape index (κ2) is 31.9. The molecule has 3 fully saturated rings. The monoisotopic (exact) mass is 1370 g/mol. The van der Waals surface area contributed by atoms with Gasteiger partial charge in [0.25, 0.3) is 17.7 Å². The Morgan fingerprint density at radius 1 is 0.463 bits per heavy atom. The summed E-state index contributed by atoms with van der Waals surface area (Å²) in [6.07, 6.45) is 6.32. The summed E-state index contributed by atoms with van der Waals surface area (Å²) in [6.45, 7) is 11.2. The SMILES string of the molecule is Cc1nc(N2CCN(C(=O)CO)CC2)ccc1C(=O)Nc1ccc(Cl)c(-c2ccccn2)c1.Cc1nc(N2CCN(S(C)(=O)=O)CC2)ccc1C(=O)Nc1ccc(Cl)c(-c2ccccn2)c1.Cc1nc(N2CCSCC2)ccc1C(=O)Nc1ccc(Cl)c(-c2ccccn2)c1. The molecule has 0 atom stereocenters. The van der Waals surface area contributed by atoms with E-state index < -0.39 is 16.6 Å². The van der Waals surface area contributed by atoms with Crippen LogP contribution in [0.5, 0.6) is 0 Å². The predicted octanol–water partition coefficient (Wildman–Crippen LogP) is 11.3. The Bertz CT molecular complexity index is 4340. The molecule has 0 aliphatic carbocycles. The van der Waals surface area contributed by atoms with Crippen molar-refractivity contribution in [3.63, 3.8) is 0 Å². The van der Waals surface area contributed by atoms with E-state index >= 15 is 0 Å². The molecule has 3 aromatic carbocycles. The number of carbonyl (C=O) groups is 4. The molecule has 4 amide bonds. The highest BCUT2D eigenvalue weighted by atomic mass is 35.5. The van der Waals surface area contributed by atoms with Crippen molar-refractivity contribution in [1.82, 2.24) is 39.1 Å². The summed E-state index contributed by atoms with van der Waals surface area (Å²) in [7, 11) is -3.19. The number of aliphatic hydroxyl groups is 1. The van der Waals surface area contributed by atoms with Crippen molar-refractivity contribution in [2.24, 2.45) is 0 Å². The fourth-order valence-corrected chi connectivity index (χ4v) is 13.2. The first-order valence-electron chi connectivity index (χ1n) is 30.5. The smallest absolute Gasteiger partial charge is 0.257 e. The van der Waals surface area contributed by atoms with Gasteiger partial charge in [-0.3, -0.25) is 34.1 Å². The zero-order chi connectivity index (χ0) is 67.2. The Morgan fingerprint density at radius 2 is 0.800 bits per heavy atom. The number of piperazine rings is 2. The van der Waals surface area contributed by atoms with Crippen LogP contribution in [0.1, 0.15) is 48.2 Å². The maximum Gasteiger partial charge on any atom is 0.257 e. The number of aryl methyl sites for hydroxylation is 3. The van der Waals surface area contributed by atoms with E-state index in [2.05, 4.69) is 55.7 Å². The third-order valence-electron chi connectivity index (χ3n) is 15.9. The van der Waals surface area contributed by atoms with Gasteiger partial charge in [0.1, 0.15) is 24.1 Å². The number of hydrogen-bond acceptors (Lipinski definition) is 17. The van der Waals surface area contributed by atoms with Crippen LogP contribution in [0.25, 0.3) is 33.8 Å². The molecule has 3 saturated heterocycles. The number of amides is 4. The molecule has 490 valence electrons. The molecule has 95 heavy (non-hydrogen) atoms. The minimum atomic E-state index is -3.19. The van der Waals surface area contributed by atoms with E-state index in [0.717, 1.165) is 81.5 Å². The first-order chi connectivity index (χ1) is 45.8. The molecule has 0 saturated carbocycles. The van der Waals surface area contributed by atoms with Crippen LogP contribution in [0, 0.1) is 20.8 Å². The number of sulfonamides is 1. The minimum Gasteiger partial charge on any atom is -0.387 e. The lowest BCUT2D eigenvalue weighted by molar-refractivity contribution is -0.134. The average Bonchev–Trinajstić information content (AvgIpc) is 0.896. The molecular weight excluding hydrogens is 1310 g/mol. The number of nitrogens with zero attached hydrogens (tertiary/aromatic N) is 11. The van der Waals surface area contributed by atoms with Crippen LogP contribution >= 0.6 is 46.6 Å². The fraction of sp³-hybridized carbons (Fsp3) is 0.246. The minimum absolute atomic E-state index is 0.190. The number of halogens is 3. The van der Waals surface area contributed by atoms with E-state index in [1.807, 2.05) is 102 Å². The fourth-order valence-electron chi connectivity index (χ4n) is 10.8. The molecule has 0 bridgehead atoms. The maximum absolute atomic E-state index is 12.9. The standard InChI is InChI=1S/C24H24ClN5O3.C23H24ClN5O3S.C22H21ClN4OS/c1-16-18(6-8-22(27-16)29-10-12-30(13-11-29)23(32)15-31)24(33)28-17-5-7-20(25)19(14-17)21-4-2-3-9-26-21;1-16-18(7-9-22(26-16)28-11-13-29(14-12-28)33(2,31)32)23(30)27-17-6-8-20(24)19(15-17)21-5-3-4-10-25-21;1-15-17(6-8-21(25-15)27-10-12-29-13-11-27)22(28)26-16-5-7-19(23)18(14-16)20-4-2-3-9-24-20/h2-9,14,31H,10-13,15H2,1H3,(H,28,33);3-10,15H,11-14H2,1-2H3,(H,27,30);2-9,14H,10-13H2,1H3,(H,26,28). The van der Waals surface area contributed by atoms with Crippen LogP contribution in [-0.4, -0.2) is 166 Å². The van der Waals surface area contributed by atoms with Gasteiger partial charge in [-0.25, -0.2) is 23.4 Å². The van der Waals surface area contributed by atoms with Crippen molar-refractivity contribution >= 4 is 115 Å². The van der Waals surface area contributed by atoms with Crippen LogP contribution in [-0.2, 0) is 14.8 Å². The summed E-state index contributed by atoms with van der Waals surface area (Å²) in [5, 5.41) is 19.5. The van der Waals surface area contributed by atoms with E-state index in [0.29, 0.717) is 113 Å². The number of anilines is 6. The summed E-state index contributed by atoms with van der Waals surface area (Å²) in [5.41, 5.74) is 9.74. The van der Waals surface area contributed by atoms with Crippen molar-refractivity contribution in [2.75, 3.05) is 120 Å². The van der Waals surface area contributed by atoms with Crippen LogP contribution in [0.15, 0.2) is 164 Å². The lowest BCUT2D eigenvalue weighted by Crippen LogP contribution is -2.49. The molecule has 0 unspecified atom stereocenters. The van der Waals surface area contributed by atoms with Crippen LogP contribution in [0.4, 0.5) is 34.5 Å². The highest BCUT2D eigenvalue weighted by Gasteiger charge is 2.26. The third-order valence-corrected chi connectivity index (χ3v) is 19.1. The number of aromatic nitrogens is 6. The quantitative estimate of drug-likeness (QED) is 0.0789. The molecule has 3 aliphatic rings. The lowest BCUT2D eigenvalue weighted by atomic mass is 10.1. The van der Waals surface area contributed by atoms with Crippen molar-refractivity contribution < 1.29 is 32.7 Å². The molecule has 6 aromatic heterocycles. The van der Waals surface area contributed by atoms with Crippen LogP contribution < -0.4 is 30.7 Å². The van der Waals surface area contributed by atoms with Crippen molar-refractivity contribution in [3.05, 3.63) is 213 Å². The van der Waals surface area contributed by atoms with E-state index in [1.54, 1.807) is 104 Å². The van der Waals surface area contributed by atoms with E-state index in [4.69, 9.17) is 39.9 Å². The third kappa shape index (κ3) is 17.8. The number of carbonyl (C=O) groups excluding carboxylic acids is 4. The lowest BCUT2D eigenvalue weighted by Gasteiger charge is -2.35. The first-order valence-corrected chi connectivity index (χ1v) is 34.6. The summed E-state index contributed by atoms with van der Waals surface area (Å²) in [5.74, 6) is 3.63. The van der Waals surface area contributed by atoms with Crippen molar-refractivity contribution in [3.8, 4) is 33.8 Å². The first kappa shape index (κ1) is 68.8. The molecule has 12 rings (SSSR count). The Hall–Kier alpha value is -9.07. The number of thioether (sulfide) groups is 1. The molecule has 0 spiro atoms. The van der Waals surface area contributed by atoms with E-state index in [1.165, 1.54) is 10.6 Å². The maximum atomic E-state index is 12.9. The average molecular weight is 1380 g/mol. The zero-order valence-electron chi connectivity index (χ0n) is 52.5. The van der Waals surface area contributed by atoms with Gasteiger partial charge in [0.15, 0.2) is 0 Å². The van der Waals surface area contributed by atoms with E-state index in [9.17, 15) is 27.6 Å². The number of hydrogen-bond donors (Lipinski definition) is 4. The Kier molecular flexibility index (Phi) is 23.1. The molecule has 21 nitrogen and oxygen atoms in total. The van der Waals surface area contributed by atoms with Crippen LogP contribution in [0.3, 0.4) is 0 Å².